The number of amides is 6. The Hall–Kier alpha value is -3.91. The molecule has 0 aliphatic heterocycles. The molecule has 0 radical (unpaired) electrons. The van der Waals surface area contributed by atoms with Gasteiger partial charge >= 0.3 is 12.1 Å². The Morgan fingerprint density at radius 3 is 1.28 bits per heavy atom. The van der Waals surface area contributed by atoms with Gasteiger partial charge in [-0.05, 0) is 85.0 Å². The molecule has 0 heterocycles. The van der Waals surface area contributed by atoms with Crippen molar-refractivity contribution in [2.24, 2.45) is 23.7 Å². The Labute approximate surface area is 317 Å². The number of esters is 1. The second kappa shape index (κ2) is 21.1. The van der Waals surface area contributed by atoms with Gasteiger partial charge < -0.3 is 41.4 Å². The fraction of sp³-hybridized carbons (Fsp3) is 0.816. The molecule has 0 rings (SSSR count). The van der Waals surface area contributed by atoms with E-state index in [0.29, 0.717) is 19.3 Å². The summed E-state index contributed by atoms with van der Waals surface area (Å²) in [7, 11) is 1.23. The molecule has 15 heteroatoms. The number of hydrogen-bond donors (Lipinski definition) is 6. The van der Waals surface area contributed by atoms with Crippen molar-refractivity contribution in [2.75, 3.05) is 7.11 Å². The van der Waals surface area contributed by atoms with E-state index < -0.39 is 82.4 Å². The maximum Gasteiger partial charge on any atom is 0.408 e. The van der Waals surface area contributed by atoms with Gasteiger partial charge in [0.25, 0.3) is 0 Å². The molecule has 0 aliphatic rings. The SMILES string of the molecule is CC[C@H](C)[C@H](NC(=O)OC(C)(C)C)C(=O)NC(C)(C)C(=O)N[C@@H](CC(C)C)C(=O)N[C@H](C(=O)NC(C)(C)C(=O)N[C@@H](CC(C)C)C(=O)OC)[C@@H](C)CC. The maximum atomic E-state index is 13.8. The summed E-state index contributed by atoms with van der Waals surface area (Å²) >= 11 is 0. The van der Waals surface area contributed by atoms with Crippen LogP contribution in [0.25, 0.3) is 0 Å². The average Bonchev–Trinajstić information content (AvgIpc) is 3.02. The molecule has 0 aromatic rings. The van der Waals surface area contributed by atoms with E-state index in [-0.39, 0.29) is 30.1 Å². The topological polar surface area (TPSA) is 210 Å². The molecule has 0 aromatic carbocycles. The fourth-order valence-electron chi connectivity index (χ4n) is 5.19. The van der Waals surface area contributed by atoms with E-state index >= 15 is 0 Å². The first kappa shape index (κ1) is 49.1. The molecule has 306 valence electrons. The normalized spacial score (nSPS) is 15.5. The first-order chi connectivity index (χ1) is 24.1. The second-order valence-electron chi connectivity index (χ2n) is 16.9. The van der Waals surface area contributed by atoms with Crippen LogP contribution < -0.4 is 31.9 Å². The van der Waals surface area contributed by atoms with Crippen LogP contribution in [0.4, 0.5) is 4.79 Å². The summed E-state index contributed by atoms with van der Waals surface area (Å²) in [6.45, 7) is 25.9. The fourth-order valence-corrected chi connectivity index (χ4v) is 5.19. The second-order valence-corrected chi connectivity index (χ2v) is 16.9. The predicted molar refractivity (Wildman–Crippen MR) is 203 cm³/mol. The third-order valence-corrected chi connectivity index (χ3v) is 8.79. The van der Waals surface area contributed by atoms with Crippen molar-refractivity contribution in [3.8, 4) is 0 Å². The minimum Gasteiger partial charge on any atom is -0.467 e. The van der Waals surface area contributed by atoms with Gasteiger partial charge in [0.05, 0.1) is 7.11 Å². The quantitative estimate of drug-likeness (QED) is 0.100. The maximum absolute atomic E-state index is 13.8. The highest BCUT2D eigenvalue weighted by molar-refractivity contribution is 5.98. The van der Waals surface area contributed by atoms with Gasteiger partial charge in [0.2, 0.25) is 29.5 Å². The lowest BCUT2D eigenvalue weighted by molar-refractivity contribution is -0.146. The predicted octanol–water partition coefficient (Wildman–Crippen LogP) is 3.48. The van der Waals surface area contributed by atoms with Gasteiger partial charge in [0.15, 0.2) is 0 Å². The summed E-state index contributed by atoms with van der Waals surface area (Å²) in [5.41, 5.74) is -3.78. The summed E-state index contributed by atoms with van der Waals surface area (Å²) in [5, 5.41) is 16.3. The monoisotopic (exact) mass is 755 g/mol. The van der Waals surface area contributed by atoms with Gasteiger partial charge in [-0.3, -0.25) is 24.0 Å². The first-order valence-corrected chi connectivity index (χ1v) is 18.8. The number of carbonyl (C=O) groups excluding carboxylic acids is 7. The number of nitrogens with one attached hydrogen (secondary N) is 6. The Morgan fingerprint density at radius 1 is 0.547 bits per heavy atom. The van der Waals surface area contributed by atoms with E-state index in [9.17, 15) is 33.6 Å². The lowest BCUT2D eigenvalue weighted by atomic mass is 9.94. The molecule has 0 aromatic heterocycles. The van der Waals surface area contributed by atoms with E-state index in [2.05, 4.69) is 31.9 Å². The van der Waals surface area contributed by atoms with Gasteiger partial charge in [-0.2, -0.15) is 0 Å². The van der Waals surface area contributed by atoms with Crippen molar-refractivity contribution < 1.29 is 43.0 Å². The van der Waals surface area contributed by atoms with Crippen LogP contribution in [0.5, 0.6) is 0 Å². The third kappa shape index (κ3) is 17.2. The van der Waals surface area contributed by atoms with Crippen LogP contribution in [0.15, 0.2) is 0 Å². The molecule has 0 spiro atoms. The van der Waals surface area contributed by atoms with Crippen LogP contribution in [0.1, 0.15) is 130 Å². The molecular formula is C38H70N6O9. The molecule has 0 fully saturated rings. The van der Waals surface area contributed by atoms with Crippen LogP contribution in [0.2, 0.25) is 0 Å². The lowest BCUT2D eigenvalue weighted by Crippen LogP contribution is -2.64. The highest BCUT2D eigenvalue weighted by atomic mass is 16.6. The summed E-state index contributed by atoms with van der Waals surface area (Å²) in [6.07, 6.45) is 0.827. The van der Waals surface area contributed by atoms with Gasteiger partial charge in [-0.1, -0.05) is 68.2 Å². The number of alkyl carbamates (subject to hydrolysis) is 1. The number of carbonyl (C=O) groups is 7. The zero-order valence-corrected chi connectivity index (χ0v) is 35.1. The first-order valence-electron chi connectivity index (χ1n) is 18.8. The molecule has 0 unspecified atom stereocenters. The van der Waals surface area contributed by atoms with E-state index in [1.54, 1.807) is 34.6 Å². The highest BCUT2D eigenvalue weighted by Crippen LogP contribution is 2.17. The van der Waals surface area contributed by atoms with Crippen molar-refractivity contribution in [3.63, 3.8) is 0 Å². The van der Waals surface area contributed by atoms with Crippen LogP contribution >= 0.6 is 0 Å². The van der Waals surface area contributed by atoms with E-state index in [0.717, 1.165) is 0 Å². The molecule has 15 nitrogen and oxygen atoms in total. The molecule has 53 heavy (non-hydrogen) atoms. The Bertz CT molecular complexity index is 1270. The van der Waals surface area contributed by atoms with Crippen LogP contribution in [0, 0.1) is 23.7 Å². The molecule has 0 saturated heterocycles. The average molecular weight is 755 g/mol. The van der Waals surface area contributed by atoms with Crippen LogP contribution in [-0.4, -0.2) is 89.6 Å². The van der Waals surface area contributed by atoms with Crippen molar-refractivity contribution in [1.29, 1.82) is 0 Å². The number of hydrogen-bond acceptors (Lipinski definition) is 9. The number of methoxy groups -OCH3 is 1. The summed E-state index contributed by atoms with van der Waals surface area (Å²) in [5.74, 6) is -4.36. The summed E-state index contributed by atoms with van der Waals surface area (Å²) in [6, 6.07) is -4.08. The van der Waals surface area contributed by atoms with E-state index in [1.165, 1.54) is 34.8 Å². The van der Waals surface area contributed by atoms with Gasteiger partial charge in [0.1, 0.15) is 40.8 Å². The number of rotatable bonds is 20. The smallest absolute Gasteiger partial charge is 0.408 e. The molecule has 6 atom stereocenters. The van der Waals surface area contributed by atoms with Gasteiger partial charge in [-0.15, -0.1) is 0 Å². The molecule has 0 saturated carbocycles. The minimum absolute atomic E-state index is 0.0522. The van der Waals surface area contributed by atoms with Gasteiger partial charge in [-0.25, -0.2) is 9.59 Å². The van der Waals surface area contributed by atoms with E-state index in [4.69, 9.17) is 9.47 Å². The number of ether oxygens (including phenoxy) is 2. The summed E-state index contributed by atoms with van der Waals surface area (Å²) in [4.78, 5) is 92.9. The Balaban J connectivity index is 6.11. The largest absolute Gasteiger partial charge is 0.467 e. The van der Waals surface area contributed by atoms with Crippen LogP contribution in [-0.2, 0) is 38.2 Å². The molecule has 0 bridgehead atoms. The molecule has 6 amide bonds. The zero-order valence-electron chi connectivity index (χ0n) is 35.1. The zero-order chi connectivity index (χ0) is 41.6. The van der Waals surface area contributed by atoms with Crippen LogP contribution in [0.3, 0.4) is 0 Å². The van der Waals surface area contributed by atoms with Gasteiger partial charge in [0, 0.05) is 0 Å². The molecule has 6 N–H and O–H groups in total. The minimum atomic E-state index is -1.52. The molecular weight excluding hydrogens is 684 g/mol. The Morgan fingerprint density at radius 2 is 0.925 bits per heavy atom. The Kier molecular flexibility index (Phi) is 19.5. The third-order valence-electron chi connectivity index (χ3n) is 8.79. The van der Waals surface area contributed by atoms with E-state index in [1.807, 2.05) is 41.5 Å². The van der Waals surface area contributed by atoms with Crippen molar-refractivity contribution in [1.82, 2.24) is 31.9 Å². The highest BCUT2D eigenvalue weighted by Gasteiger charge is 2.40. The molecule has 0 aliphatic carbocycles. The lowest BCUT2D eigenvalue weighted by Gasteiger charge is -2.33. The standard InChI is InChI=1S/C38H70N6O9/c1-17-23(7)27(30(46)43-38(14,15)34(50)40-26(20-22(5)6)32(48)52-16)41-29(45)25(19-21(3)4)39-33(49)37(12,13)44-31(47)28(24(8)18-2)42-35(51)53-36(9,10)11/h21-28H,17-20H2,1-16H3,(H,39,49)(H,40,50)(H,41,45)(H,42,51)(H,43,46)(H,44,47)/t23-,24-,25-,26-,27-,28-/m0/s1. The van der Waals surface area contributed by atoms with Crippen molar-refractivity contribution in [3.05, 3.63) is 0 Å². The van der Waals surface area contributed by atoms with Crippen molar-refractivity contribution in [2.45, 2.75) is 170 Å². The van der Waals surface area contributed by atoms with Crippen molar-refractivity contribution >= 4 is 41.6 Å². The summed E-state index contributed by atoms with van der Waals surface area (Å²) < 4.78 is 10.2.